The van der Waals surface area contributed by atoms with Gasteiger partial charge in [-0.15, -0.1) is 0 Å². The molecule has 0 aliphatic heterocycles. The van der Waals surface area contributed by atoms with E-state index in [0.29, 0.717) is 5.92 Å². The van der Waals surface area contributed by atoms with Crippen LogP contribution >= 0.6 is 15.9 Å². The molecule has 3 nitrogen and oxygen atoms in total. The van der Waals surface area contributed by atoms with Gasteiger partial charge in [-0.25, -0.2) is 5.06 Å². The molecule has 1 aromatic rings. The molecule has 0 saturated heterocycles. The van der Waals surface area contributed by atoms with Crippen LogP contribution in [-0.2, 0) is 9.63 Å². The summed E-state index contributed by atoms with van der Waals surface area (Å²) in [6, 6.07) is 8.13. The minimum absolute atomic E-state index is 0.0625. The first-order valence-corrected chi connectivity index (χ1v) is 6.00. The van der Waals surface area contributed by atoms with Crippen LogP contribution in [0.25, 0.3) is 0 Å². The molecule has 0 heterocycles. The van der Waals surface area contributed by atoms with Crippen molar-refractivity contribution in [1.82, 2.24) is 5.06 Å². The zero-order chi connectivity index (χ0) is 11.7. The van der Waals surface area contributed by atoms with E-state index < -0.39 is 0 Å². The first kappa shape index (κ1) is 11.6. The molecule has 2 unspecified atom stereocenters. The quantitative estimate of drug-likeness (QED) is 0.798. The van der Waals surface area contributed by atoms with E-state index in [-0.39, 0.29) is 11.8 Å². The van der Waals surface area contributed by atoms with Crippen LogP contribution in [0, 0.1) is 5.92 Å². The van der Waals surface area contributed by atoms with Gasteiger partial charge in [-0.1, -0.05) is 28.1 Å². The smallest absolute Gasteiger partial charge is 0.249 e. The van der Waals surface area contributed by atoms with Gasteiger partial charge in [0.15, 0.2) is 0 Å². The monoisotopic (exact) mass is 283 g/mol. The molecule has 16 heavy (non-hydrogen) atoms. The van der Waals surface area contributed by atoms with Crippen molar-refractivity contribution in [2.24, 2.45) is 5.92 Å². The third kappa shape index (κ3) is 2.28. The second-order valence-corrected chi connectivity index (χ2v) is 4.94. The highest BCUT2D eigenvalue weighted by molar-refractivity contribution is 9.10. The summed E-state index contributed by atoms with van der Waals surface area (Å²) in [6.45, 7) is 0. The highest BCUT2D eigenvalue weighted by Gasteiger charge is 2.45. The Kier molecular flexibility index (Phi) is 3.30. The normalized spacial score (nSPS) is 22.9. The van der Waals surface area contributed by atoms with E-state index in [1.807, 2.05) is 12.1 Å². The molecule has 1 aromatic carbocycles. The molecular weight excluding hydrogens is 270 g/mol. The van der Waals surface area contributed by atoms with Crippen molar-refractivity contribution in [3.8, 4) is 0 Å². The summed E-state index contributed by atoms with van der Waals surface area (Å²) in [7, 11) is 3.16. The van der Waals surface area contributed by atoms with Crippen LogP contribution < -0.4 is 0 Å². The topological polar surface area (TPSA) is 29.5 Å². The summed E-state index contributed by atoms with van der Waals surface area (Å²) in [4.78, 5) is 16.7. The van der Waals surface area contributed by atoms with Gasteiger partial charge in [0.05, 0.1) is 7.11 Å². The highest BCUT2D eigenvalue weighted by atomic mass is 79.9. The number of halogens is 1. The van der Waals surface area contributed by atoms with Crippen LogP contribution in [0.3, 0.4) is 0 Å². The molecule has 1 aliphatic carbocycles. The standard InChI is InChI=1S/C12H14BrNO2/c1-14(16-2)12(15)11-7-10(11)8-4-3-5-9(13)6-8/h3-6,10-11H,7H2,1-2H3. The third-order valence-corrected chi connectivity index (χ3v) is 3.46. The van der Waals surface area contributed by atoms with Gasteiger partial charge in [0.2, 0.25) is 5.91 Å². The molecule has 0 N–H and O–H groups in total. The molecule has 86 valence electrons. The van der Waals surface area contributed by atoms with Gasteiger partial charge in [-0.2, -0.15) is 0 Å². The third-order valence-electron chi connectivity index (χ3n) is 2.97. The molecule has 0 spiro atoms. The summed E-state index contributed by atoms with van der Waals surface area (Å²) >= 11 is 3.44. The molecule has 2 rings (SSSR count). The van der Waals surface area contributed by atoms with Crippen LogP contribution in [0.2, 0.25) is 0 Å². The van der Waals surface area contributed by atoms with E-state index in [2.05, 4.69) is 28.1 Å². The largest absolute Gasteiger partial charge is 0.275 e. The zero-order valence-electron chi connectivity index (χ0n) is 9.31. The Morgan fingerprint density at radius 3 is 2.94 bits per heavy atom. The number of hydrogen-bond donors (Lipinski definition) is 0. The number of amides is 1. The molecule has 1 fully saturated rings. The van der Waals surface area contributed by atoms with E-state index in [0.717, 1.165) is 10.9 Å². The van der Waals surface area contributed by atoms with Crippen molar-refractivity contribution in [3.05, 3.63) is 34.3 Å². The Morgan fingerprint density at radius 1 is 1.56 bits per heavy atom. The number of carbonyl (C=O) groups excluding carboxylic acids is 1. The first-order valence-electron chi connectivity index (χ1n) is 5.20. The van der Waals surface area contributed by atoms with Gasteiger partial charge in [-0.05, 0) is 30.0 Å². The van der Waals surface area contributed by atoms with Gasteiger partial charge in [0.1, 0.15) is 0 Å². The molecular formula is C12H14BrNO2. The van der Waals surface area contributed by atoms with Crippen LogP contribution in [-0.4, -0.2) is 25.1 Å². The van der Waals surface area contributed by atoms with Gasteiger partial charge in [-0.3, -0.25) is 9.63 Å². The van der Waals surface area contributed by atoms with Gasteiger partial charge in [0.25, 0.3) is 0 Å². The van der Waals surface area contributed by atoms with E-state index in [1.54, 1.807) is 7.05 Å². The molecule has 2 atom stereocenters. The summed E-state index contributed by atoms with van der Waals surface area (Å²) in [5.74, 6) is 0.495. The lowest BCUT2D eigenvalue weighted by molar-refractivity contribution is -0.170. The Morgan fingerprint density at radius 2 is 2.31 bits per heavy atom. The number of carbonyl (C=O) groups is 1. The minimum atomic E-state index is 0.0625. The van der Waals surface area contributed by atoms with E-state index in [4.69, 9.17) is 4.84 Å². The maximum Gasteiger partial charge on any atom is 0.249 e. The van der Waals surface area contributed by atoms with Crippen LogP contribution in [0.5, 0.6) is 0 Å². The SMILES string of the molecule is CON(C)C(=O)C1CC1c1cccc(Br)c1. The summed E-state index contributed by atoms with van der Waals surface area (Å²) < 4.78 is 1.06. The first-order chi connectivity index (χ1) is 7.63. The lowest BCUT2D eigenvalue weighted by Crippen LogP contribution is -2.27. The average molecular weight is 284 g/mol. The summed E-state index contributed by atoms with van der Waals surface area (Å²) in [5.41, 5.74) is 1.22. The Balaban J connectivity index is 2.04. The molecule has 0 aromatic heterocycles. The maximum atomic E-state index is 11.8. The van der Waals surface area contributed by atoms with Crippen molar-refractivity contribution >= 4 is 21.8 Å². The molecule has 1 amide bonds. The van der Waals surface area contributed by atoms with Crippen LogP contribution in [0.4, 0.5) is 0 Å². The van der Waals surface area contributed by atoms with E-state index in [9.17, 15) is 4.79 Å². The number of rotatable bonds is 3. The lowest BCUT2D eigenvalue weighted by atomic mass is 10.1. The van der Waals surface area contributed by atoms with Crippen molar-refractivity contribution in [1.29, 1.82) is 0 Å². The zero-order valence-corrected chi connectivity index (χ0v) is 10.9. The van der Waals surface area contributed by atoms with Gasteiger partial charge < -0.3 is 0 Å². The Labute approximate surface area is 103 Å². The molecule has 0 radical (unpaired) electrons. The fraction of sp³-hybridized carbons (Fsp3) is 0.417. The predicted octanol–water partition coefficient (Wildman–Crippen LogP) is 2.57. The van der Waals surface area contributed by atoms with Crippen molar-refractivity contribution < 1.29 is 9.63 Å². The summed E-state index contributed by atoms with van der Waals surface area (Å²) in [6.07, 6.45) is 0.920. The van der Waals surface area contributed by atoms with E-state index in [1.165, 1.54) is 17.7 Å². The Hall–Kier alpha value is -0.870. The van der Waals surface area contributed by atoms with Crippen molar-refractivity contribution in [2.75, 3.05) is 14.2 Å². The van der Waals surface area contributed by atoms with Crippen molar-refractivity contribution in [2.45, 2.75) is 12.3 Å². The minimum Gasteiger partial charge on any atom is -0.275 e. The number of hydroxylamine groups is 2. The number of benzene rings is 1. The number of nitrogens with zero attached hydrogens (tertiary/aromatic N) is 1. The molecule has 0 bridgehead atoms. The second kappa shape index (κ2) is 4.55. The number of hydrogen-bond acceptors (Lipinski definition) is 2. The Bertz CT molecular complexity index is 408. The molecule has 1 aliphatic rings. The molecule has 1 saturated carbocycles. The lowest BCUT2D eigenvalue weighted by Gasteiger charge is -2.13. The highest BCUT2D eigenvalue weighted by Crippen LogP contribution is 2.48. The fourth-order valence-electron chi connectivity index (χ4n) is 1.90. The average Bonchev–Trinajstić information content (AvgIpc) is 3.07. The van der Waals surface area contributed by atoms with Crippen molar-refractivity contribution in [3.63, 3.8) is 0 Å². The van der Waals surface area contributed by atoms with Gasteiger partial charge >= 0.3 is 0 Å². The fourth-order valence-corrected chi connectivity index (χ4v) is 2.31. The maximum absolute atomic E-state index is 11.8. The summed E-state index contributed by atoms with van der Waals surface area (Å²) in [5, 5.41) is 1.31. The second-order valence-electron chi connectivity index (χ2n) is 4.02. The van der Waals surface area contributed by atoms with E-state index >= 15 is 0 Å². The van der Waals surface area contributed by atoms with Crippen LogP contribution in [0.1, 0.15) is 17.9 Å². The van der Waals surface area contributed by atoms with Crippen LogP contribution in [0.15, 0.2) is 28.7 Å². The predicted molar refractivity (Wildman–Crippen MR) is 64.8 cm³/mol. The van der Waals surface area contributed by atoms with Gasteiger partial charge in [0, 0.05) is 17.4 Å². The molecule has 4 heteroatoms.